The molecule has 0 heterocycles. The van der Waals surface area contributed by atoms with Gasteiger partial charge in [-0.2, -0.15) is 0 Å². The molecule has 0 aliphatic heterocycles. The minimum atomic E-state index is -1.41. The van der Waals surface area contributed by atoms with E-state index in [-0.39, 0.29) is 29.0 Å². The number of ketones is 2. The van der Waals surface area contributed by atoms with Gasteiger partial charge in [0.05, 0.1) is 6.10 Å². The molecule has 4 nitrogen and oxygen atoms in total. The van der Waals surface area contributed by atoms with Gasteiger partial charge in [-0.3, -0.25) is 9.59 Å². The van der Waals surface area contributed by atoms with Crippen molar-refractivity contribution >= 4 is 11.6 Å². The van der Waals surface area contributed by atoms with Crippen molar-refractivity contribution in [3.63, 3.8) is 0 Å². The van der Waals surface area contributed by atoms with Crippen LogP contribution in [0.2, 0.25) is 0 Å². The minimum absolute atomic E-state index is 0.112. The zero-order valence-electron chi connectivity index (χ0n) is 15.3. The first-order chi connectivity index (χ1) is 11.6. The number of fused-ring (bicyclic) bond motifs is 5. The Labute approximate surface area is 149 Å². The van der Waals surface area contributed by atoms with Crippen LogP contribution >= 0.6 is 0 Å². The van der Waals surface area contributed by atoms with Crippen molar-refractivity contribution in [1.29, 1.82) is 0 Å². The Hall–Kier alpha value is -1.00. The smallest absolute Gasteiger partial charge is 0.165 e. The van der Waals surface area contributed by atoms with Gasteiger partial charge in [0.15, 0.2) is 11.6 Å². The molecule has 4 heteroatoms. The van der Waals surface area contributed by atoms with Gasteiger partial charge in [-0.25, -0.2) is 0 Å². The van der Waals surface area contributed by atoms with Crippen molar-refractivity contribution in [2.45, 2.75) is 70.5 Å². The molecule has 3 fully saturated rings. The molecule has 4 aliphatic carbocycles. The molecule has 137 valence electrons. The molecule has 0 saturated heterocycles. The number of aliphatic hydroxyl groups excluding tert-OH is 1. The van der Waals surface area contributed by atoms with Crippen molar-refractivity contribution in [3.05, 3.63) is 18.6 Å². The predicted octanol–water partition coefficient (Wildman–Crippen LogP) is 2.62. The van der Waals surface area contributed by atoms with Gasteiger partial charge in [0.2, 0.25) is 0 Å². The van der Waals surface area contributed by atoms with Gasteiger partial charge < -0.3 is 10.2 Å². The molecule has 0 spiro atoms. The molecule has 2 N–H and O–H groups in total. The molecule has 0 aromatic carbocycles. The molecular formula is C21H29O4. The summed E-state index contributed by atoms with van der Waals surface area (Å²) in [6.45, 7) is 7.72. The molecule has 3 saturated carbocycles. The van der Waals surface area contributed by atoms with Crippen LogP contribution in [0.1, 0.15) is 58.8 Å². The van der Waals surface area contributed by atoms with Crippen molar-refractivity contribution in [2.24, 2.45) is 28.6 Å². The van der Waals surface area contributed by atoms with E-state index in [1.807, 2.05) is 13.0 Å². The fourth-order valence-electron chi connectivity index (χ4n) is 7.15. The van der Waals surface area contributed by atoms with Gasteiger partial charge in [-0.05, 0) is 67.8 Å². The summed E-state index contributed by atoms with van der Waals surface area (Å²) in [5.41, 5.74) is -0.945. The van der Waals surface area contributed by atoms with Crippen LogP contribution in [0.25, 0.3) is 0 Å². The zero-order chi connectivity index (χ0) is 18.2. The molecule has 1 radical (unpaired) electrons. The topological polar surface area (TPSA) is 74.6 Å². The Kier molecular flexibility index (Phi) is 3.66. The number of aliphatic hydroxyl groups is 2. The van der Waals surface area contributed by atoms with E-state index in [4.69, 9.17) is 0 Å². The summed E-state index contributed by atoms with van der Waals surface area (Å²) >= 11 is 0. The first kappa shape index (κ1) is 17.4. The second-order valence-corrected chi connectivity index (χ2v) is 9.40. The van der Waals surface area contributed by atoms with Gasteiger partial charge in [-0.1, -0.05) is 19.4 Å². The summed E-state index contributed by atoms with van der Waals surface area (Å²) in [5, 5.41) is 22.2. The summed E-state index contributed by atoms with van der Waals surface area (Å²) in [4.78, 5) is 24.0. The number of carbonyl (C=O) groups excluding carboxylic acids is 2. The van der Waals surface area contributed by atoms with E-state index in [1.165, 1.54) is 5.57 Å². The number of Topliss-reactive ketones (excluding diaryl/α,β-unsaturated/α-hetero) is 1. The van der Waals surface area contributed by atoms with Crippen LogP contribution in [0.4, 0.5) is 0 Å². The van der Waals surface area contributed by atoms with E-state index in [2.05, 4.69) is 13.8 Å². The molecule has 25 heavy (non-hydrogen) atoms. The largest absolute Gasteiger partial charge is 0.393 e. The average Bonchev–Trinajstić information content (AvgIpc) is 2.80. The number of rotatable bonds is 1. The molecule has 0 unspecified atom stereocenters. The van der Waals surface area contributed by atoms with E-state index in [0.717, 1.165) is 25.7 Å². The summed E-state index contributed by atoms with van der Waals surface area (Å²) in [6, 6.07) is 0. The van der Waals surface area contributed by atoms with Gasteiger partial charge in [0, 0.05) is 18.8 Å². The fourth-order valence-corrected chi connectivity index (χ4v) is 7.15. The van der Waals surface area contributed by atoms with Gasteiger partial charge in [0.1, 0.15) is 5.60 Å². The van der Waals surface area contributed by atoms with Crippen LogP contribution in [0.5, 0.6) is 0 Å². The third-order valence-corrected chi connectivity index (χ3v) is 8.51. The highest BCUT2D eigenvalue weighted by molar-refractivity contribution is 5.92. The summed E-state index contributed by atoms with van der Waals surface area (Å²) < 4.78 is 0. The van der Waals surface area contributed by atoms with Gasteiger partial charge in [-0.15, -0.1) is 0 Å². The van der Waals surface area contributed by atoms with Gasteiger partial charge in [0.25, 0.3) is 0 Å². The number of hydrogen-bond acceptors (Lipinski definition) is 4. The molecule has 0 aromatic heterocycles. The number of carbonyl (C=O) groups is 2. The molecule has 0 aromatic rings. The number of allylic oxidation sites excluding steroid dienone is 1. The summed E-state index contributed by atoms with van der Waals surface area (Å²) in [6.07, 6.45) is 6.14. The SMILES string of the molecule is [CH2]C(=O)[C@@]1(O)CC[C@H]2[C@@H]3CCC4=CC(=O)CC[C@]4(C)[C@H]3[C@@H](O)C[C@@]21C. The standard InChI is InChI=1S/C21H29O4/c1-12(22)21(25)9-7-16-15-5-4-13-10-14(23)6-8-19(13,2)18(15)17(24)11-20(16,21)3/h10,15-18,24-25H,1,4-9,11H2,2-3H3/t15-,16-,17-,18+,19-,20-,21-/m0/s1. The van der Waals surface area contributed by atoms with Crippen molar-refractivity contribution < 1.29 is 19.8 Å². The minimum Gasteiger partial charge on any atom is -0.393 e. The fraction of sp³-hybridized carbons (Fsp3) is 0.762. The lowest BCUT2D eigenvalue weighted by Crippen LogP contribution is -2.61. The van der Waals surface area contributed by atoms with E-state index in [9.17, 15) is 19.8 Å². The third-order valence-electron chi connectivity index (χ3n) is 8.51. The maximum Gasteiger partial charge on any atom is 0.165 e. The van der Waals surface area contributed by atoms with Crippen LogP contribution in [-0.4, -0.2) is 33.5 Å². The normalized spacial score (nSPS) is 52.0. The Balaban J connectivity index is 1.75. The van der Waals surface area contributed by atoms with Crippen molar-refractivity contribution in [1.82, 2.24) is 0 Å². The number of hydrogen-bond donors (Lipinski definition) is 2. The molecular weight excluding hydrogens is 316 g/mol. The Bertz CT molecular complexity index is 667. The highest BCUT2D eigenvalue weighted by Gasteiger charge is 2.67. The second kappa shape index (κ2) is 5.26. The van der Waals surface area contributed by atoms with E-state index in [1.54, 1.807) is 0 Å². The van der Waals surface area contributed by atoms with E-state index in [0.29, 0.717) is 19.3 Å². The summed E-state index contributed by atoms with van der Waals surface area (Å²) in [5.74, 6) is 0.430. The lowest BCUT2D eigenvalue weighted by molar-refractivity contribution is -0.177. The highest BCUT2D eigenvalue weighted by Crippen LogP contribution is 2.67. The lowest BCUT2D eigenvalue weighted by atomic mass is 9.45. The van der Waals surface area contributed by atoms with Crippen LogP contribution in [0, 0.1) is 35.5 Å². The maximum absolute atomic E-state index is 12.1. The molecule has 0 amide bonds. The van der Waals surface area contributed by atoms with Crippen LogP contribution < -0.4 is 0 Å². The highest BCUT2D eigenvalue weighted by atomic mass is 16.3. The van der Waals surface area contributed by atoms with E-state index < -0.39 is 22.9 Å². The molecule has 7 atom stereocenters. The quantitative estimate of drug-likeness (QED) is 0.766. The van der Waals surface area contributed by atoms with Crippen LogP contribution in [0.3, 0.4) is 0 Å². The maximum atomic E-state index is 12.1. The molecule has 0 bridgehead atoms. The van der Waals surface area contributed by atoms with Gasteiger partial charge >= 0.3 is 0 Å². The van der Waals surface area contributed by atoms with Crippen molar-refractivity contribution in [3.8, 4) is 0 Å². The van der Waals surface area contributed by atoms with Crippen LogP contribution in [0.15, 0.2) is 11.6 Å². The average molecular weight is 345 g/mol. The molecule has 4 rings (SSSR count). The Morgan fingerprint density at radius 2 is 1.96 bits per heavy atom. The third kappa shape index (κ3) is 2.07. The predicted molar refractivity (Wildman–Crippen MR) is 93.4 cm³/mol. The zero-order valence-corrected chi connectivity index (χ0v) is 15.3. The summed E-state index contributed by atoms with van der Waals surface area (Å²) in [7, 11) is 0. The van der Waals surface area contributed by atoms with Crippen LogP contribution in [-0.2, 0) is 9.59 Å². The van der Waals surface area contributed by atoms with Crippen molar-refractivity contribution in [2.75, 3.05) is 0 Å². The Morgan fingerprint density at radius 3 is 2.64 bits per heavy atom. The first-order valence-corrected chi connectivity index (χ1v) is 9.64. The Morgan fingerprint density at radius 1 is 1.24 bits per heavy atom. The lowest BCUT2D eigenvalue weighted by Gasteiger charge is -2.60. The second-order valence-electron chi connectivity index (χ2n) is 9.40. The monoisotopic (exact) mass is 345 g/mol. The molecule has 4 aliphatic rings. The first-order valence-electron chi connectivity index (χ1n) is 9.64. The van der Waals surface area contributed by atoms with E-state index >= 15 is 0 Å².